The smallest absolute Gasteiger partial charge is 0.334 e. The molecule has 6 heteroatoms. The number of esters is 2. The van der Waals surface area contributed by atoms with E-state index in [1.807, 2.05) is 0 Å². The zero-order valence-corrected chi connectivity index (χ0v) is 15.3. The number of carbonyl (C=O) groups excluding carboxylic acids is 3. The van der Waals surface area contributed by atoms with E-state index in [4.69, 9.17) is 14.2 Å². The van der Waals surface area contributed by atoms with Gasteiger partial charge in [-0.15, -0.1) is 0 Å². The van der Waals surface area contributed by atoms with E-state index in [1.165, 1.54) is 6.08 Å². The lowest BCUT2D eigenvalue weighted by molar-refractivity contribution is -0.148. The first-order chi connectivity index (χ1) is 12.2. The molecule has 0 N–H and O–H groups in total. The minimum Gasteiger partial charge on any atom is -0.479 e. The molecule has 0 spiro atoms. The summed E-state index contributed by atoms with van der Waals surface area (Å²) in [6.07, 6.45) is 3.55. The van der Waals surface area contributed by atoms with Crippen molar-refractivity contribution >= 4 is 17.7 Å². The Morgan fingerprint density at radius 3 is 2.77 bits per heavy atom. The molecule has 4 atom stereocenters. The molecule has 0 unspecified atom stereocenters. The van der Waals surface area contributed by atoms with Crippen molar-refractivity contribution in [2.75, 3.05) is 0 Å². The Hall–Kier alpha value is -2.63. The lowest BCUT2D eigenvalue weighted by Crippen LogP contribution is -2.41. The molecule has 138 valence electrons. The van der Waals surface area contributed by atoms with Crippen LogP contribution in [0.5, 0.6) is 0 Å². The van der Waals surface area contributed by atoms with Gasteiger partial charge in [0.15, 0.2) is 5.60 Å². The number of carbonyl (C=O) groups is 3. The fourth-order valence-corrected chi connectivity index (χ4v) is 3.41. The van der Waals surface area contributed by atoms with Crippen LogP contribution in [0.15, 0.2) is 47.3 Å². The van der Waals surface area contributed by atoms with Crippen molar-refractivity contribution in [1.29, 1.82) is 0 Å². The van der Waals surface area contributed by atoms with Crippen LogP contribution in [0.25, 0.3) is 0 Å². The molecule has 1 fully saturated rings. The average Bonchev–Trinajstić information content (AvgIpc) is 3.03. The maximum absolute atomic E-state index is 12.4. The van der Waals surface area contributed by atoms with Gasteiger partial charge in [0.2, 0.25) is 5.78 Å². The van der Waals surface area contributed by atoms with E-state index >= 15 is 0 Å². The molecule has 3 heterocycles. The first-order valence-corrected chi connectivity index (χ1v) is 8.54. The molecule has 0 aliphatic carbocycles. The van der Waals surface area contributed by atoms with Crippen molar-refractivity contribution in [3.8, 4) is 0 Å². The molecule has 3 aliphatic heterocycles. The standard InChI is InChI=1S/C20H22O6/c1-6-10(2)18(22)24-14-7-11(3)13-8-16(21)20(5,26-13)9-15-17(14)12(4)19(23)25-15/h6-8,14-15,17H,4,9H2,1-3,5H3/b10-6-,11-7-/t14-,15+,17+,20-/m1/s1. The van der Waals surface area contributed by atoms with Gasteiger partial charge in [-0.2, -0.15) is 0 Å². The molecule has 26 heavy (non-hydrogen) atoms. The van der Waals surface area contributed by atoms with Gasteiger partial charge in [-0.1, -0.05) is 12.7 Å². The SMILES string of the molecule is C=C1C(=O)O[C@H]2C[C@@]3(C)OC(=CC3=O)/C(C)=C\[C@@H](OC(=O)/C(C)=C\C)[C@H]12. The van der Waals surface area contributed by atoms with Crippen LogP contribution in [0, 0.1) is 5.92 Å². The summed E-state index contributed by atoms with van der Waals surface area (Å²) >= 11 is 0. The molecule has 0 saturated carbocycles. The van der Waals surface area contributed by atoms with E-state index in [2.05, 4.69) is 6.58 Å². The second kappa shape index (κ2) is 6.27. The molecule has 6 nitrogen and oxygen atoms in total. The fraction of sp³-hybridized carbons (Fsp3) is 0.450. The maximum atomic E-state index is 12.4. The highest BCUT2D eigenvalue weighted by molar-refractivity contribution is 6.00. The Kier molecular flexibility index (Phi) is 4.38. The van der Waals surface area contributed by atoms with Crippen LogP contribution in [0.1, 0.15) is 34.1 Å². The zero-order valence-electron chi connectivity index (χ0n) is 15.3. The predicted octanol–water partition coefficient (Wildman–Crippen LogP) is 2.55. The average molecular weight is 358 g/mol. The predicted molar refractivity (Wildman–Crippen MR) is 92.8 cm³/mol. The van der Waals surface area contributed by atoms with Crippen LogP contribution in [-0.4, -0.2) is 35.5 Å². The minimum absolute atomic E-state index is 0.166. The molecule has 0 amide bonds. The van der Waals surface area contributed by atoms with Crippen LogP contribution in [0.4, 0.5) is 0 Å². The molecule has 2 bridgehead atoms. The van der Waals surface area contributed by atoms with Crippen molar-refractivity contribution in [2.24, 2.45) is 5.92 Å². The van der Waals surface area contributed by atoms with Gasteiger partial charge in [-0.3, -0.25) is 4.79 Å². The van der Waals surface area contributed by atoms with Crippen molar-refractivity contribution < 1.29 is 28.6 Å². The minimum atomic E-state index is -1.11. The van der Waals surface area contributed by atoms with E-state index < -0.39 is 35.7 Å². The van der Waals surface area contributed by atoms with Gasteiger partial charge in [0.1, 0.15) is 18.0 Å². The molecule has 0 radical (unpaired) electrons. The Morgan fingerprint density at radius 2 is 2.12 bits per heavy atom. The fourth-order valence-electron chi connectivity index (χ4n) is 3.41. The molecule has 0 aromatic carbocycles. The Balaban J connectivity index is 2.06. The number of fused-ring (bicyclic) bond motifs is 3. The third-order valence-corrected chi connectivity index (χ3v) is 5.19. The summed E-state index contributed by atoms with van der Waals surface area (Å²) in [5.74, 6) is -1.32. The first kappa shape index (κ1) is 18.2. The topological polar surface area (TPSA) is 78.9 Å². The monoisotopic (exact) mass is 358 g/mol. The molecule has 1 saturated heterocycles. The number of ketones is 1. The number of hydrogen-bond acceptors (Lipinski definition) is 6. The van der Waals surface area contributed by atoms with Crippen molar-refractivity contribution in [1.82, 2.24) is 0 Å². The third kappa shape index (κ3) is 2.89. The maximum Gasteiger partial charge on any atom is 0.334 e. The summed E-state index contributed by atoms with van der Waals surface area (Å²) in [6, 6.07) is 0. The van der Waals surface area contributed by atoms with Gasteiger partial charge in [-0.25, -0.2) is 9.59 Å². The highest BCUT2D eigenvalue weighted by Gasteiger charge is 2.52. The zero-order chi connectivity index (χ0) is 19.2. The quantitative estimate of drug-likeness (QED) is 0.558. The largest absolute Gasteiger partial charge is 0.479 e. The van der Waals surface area contributed by atoms with Crippen molar-refractivity contribution in [3.63, 3.8) is 0 Å². The second-order valence-corrected chi connectivity index (χ2v) is 7.10. The summed E-state index contributed by atoms with van der Waals surface area (Å²) in [7, 11) is 0. The van der Waals surface area contributed by atoms with Gasteiger partial charge in [0.05, 0.1) is 5.92 Å². The van der Waals surface area contributed by atoms with Gasteiger partial charge >= 0.3 is 11.9 Å². The van der Waals surface area contributed by atoms with Crippen LogP contribution in [0.2, 0.25) is 0 Å². The summed E-state index contributed by atoms with van der Waals surface area (Å²) < 4.78 is 17.0. The lowest BCUT2D eigenvalue weighted by Gasteiger charge is -2.29. The van der Waals surface area contributed by atoms with E-state index in [0.29, 0.717) is 16.9 Å². The number of ether oxygens (including phenoxy) is 3. The van der Waals surface area contributed by atoms with Gasteiger partial charge in [-0.05, 0) is 39.3 Å². The molecular weight excluding hydrogens is 336 g/mol. The molecule has 3 rings (SSSR count). The second-order valence-electron chi connectivity index (χ2n) is 7.10. The summed E-state index contributed by atoms with van der Waals surface area (Å²) in [4.78, 5) is 36.8. The van der Waals surface area contributed by atoms with Crippen LogP contribution < -0.4 is 0 Å². The lowest BCUT2D eigenvalue weighted by atomic mass is 9.83. The van der Waals surface area contributed by atoms with Crippen molar-refractivity contribution in [2.45, 2.75) is 51.9 Å². The Bertz CT molecular complexity index is 799. The summed E-state index contributed by atoms with van der Waals surface area (Å²) in [5, 5.41) is 0. The summed E-state index contributed by atoms with van der Waals surface area (Å²) in [6.45, 7) is 10.7. The van der Waals surface area contributed by atoms with Crippen LogP contribution in [0.3, 0.4) is 0 Å². The van der Waals surface area contributed by atoms with Gasteiger partial charge < -0.3 is 14.2 Å². The van der Waals surface area contributed by atoms with E-state index in [1.54, 1.807) is 39.8 Å². The Labute approximate surface area is 152 Å². The third-order valence-electron chi connectivity index (χ3n) is 5.19. The van der Waals surface area contributed by atoms with Gasteiger partial charge in [0, 0.05) is 23.6 Å². The van der Waals surface area contributed by atoms with E-state index in [9.17, 15) is 14.4 Å². The molecule has 0 aromatic heterocycles. The highest BCUT2D eigenvalue weighted by Crippen LogP contribution is 2.42. The van der Waals surface area contributed by atoms with Gasteiger partial charge in [0.25, 0.3) is 0 Å². The Morgan fingerprint density at radius 1 is 1.42 bits per heavy atom. The number of hydrogen-bond donors (Lipinski definition) is 0. The number of rotatable bonds is 2. The van der Waals surface area contributed by atoms with E-state index in [0.717, 1.165) is 0 Å². The number of allylic oxidation sites excluding steroid dienone is 2. The summed E-state index contributed by atoms with van der Waals surface area (Å²) in [5.41, 5.74) is 0.238. The van der Waals surface area contributed by atoms with E-state index in [-0.39, 0.29) is 17.8 Å². The van der Waals surface area contributed by atoms with Crippen LogP contribution >= 0.6 is 0 Å². The van der Waals surface area contributed by atoms with Crippen LogP contribution in [-0.2, 0) is 28.6 Å². The van der Waals surface area contributed by atoms with Crippen molar-refractivity contribution in [3.05, 3.63) is 47.3 Å². The normalized spacial score (nSPS) is 35.9. The highest BCUT2D eigenvalue weighted by atomic mass is 16.6. The molecule has 0 aromatic rings. The molecular formula is C20H22O6. The first-order valence-electron chi connectivity index (χ1n) is 8.54. The molecule has 3 aliphatic rings.